The fourth-order valence-electron chi connectivity index (χ4n) is 0.687. The summed E-state index contributed by atoms with van der Waals surface area (Å²) in [5.41, 5.74) is -0.543. The average molecular weight is 227 g/mol. The molecule has 0 aromatic carbocycles. The van der Waals surface area contributed by atoms with Gasteiger partial charge in [-0.2, -0.15) is 0 Å². The summed E-state index contributed by atoms with van der Waals surface area (Å²) in [7, 11) is 0. The smallest absolute Gasteiger partial charge is 0.302 e. The lowest BCUT2D eigenvalue weighted by atomic mass is 10.1. The van der Waals surface area contributed by atoms with Gasteiger partial charge in [-0.1, -0.05) is 0 Å². The lowest BCUT2D eigenvalue weighted by Crippen LogP contribution is -2.32. The van der Waals surface area contributed by atoms with Crippen molar-refractivity contribution in [2.75, 3.05) is 0 Å². The number of hydrogen-bond donors (Lipinski definition) is 1. The standard InChI is InChI=1S/C11H21N3O2/c1-10(2,3)12-7-9(14(15)16)8-13-11(4,5)6/h7-8,12H,1-6H3. The highest BCUT2D eigenvalue weighted by molar-refractivity contribution is 5.75. The van der Waals surface area contributed by atoms with E-state index in [4.69, 9.17) is 0 Å². The summed E-state index contributed by atoms with van der Waals surface area (Å²) in [4.78, 5) is 14.4. The average Bonchev–Trinajstić information content (AvgIpc) is 1.98. The Bertz CT molecular complexity index is 306. The summed E-state index contributed by atoms with van der Waals surface area (Å²) < 4.78 is 0. The van der Waals surface area contributed by atoms with Crippen molar-refractivity contribution in [3.05, 3.63) is 22.0 Å². The molecule has 0 fully saturated rings. The Kier molecular flexibility index (Phi) is 4.65. The first kappa shape index (κ1) is 14.6. The number of nitrogens with zero attached hydrogens (tertiary/aromatic N) is 2. The summed E-state index contributed by atoms with van der Waals surface area (Å²) in [5, 5.41) is 13.7. The van der Waals surface area contributed by atoms with Crippen LogP contribution in [0.2, 0.25) is 0 Å². The zero-order valence-corrected chi connectivity index (χ0v) is 10.9. The number of nitro groups is 1. The van der Waals surface area contributed by atoms with Crippen molar-refractivity contribution in [1.29, 1.82) is 0 Å². The molecule has 0 aliphatic rings. The maximum absolute atomic E-state index is 10.7. The second-order valence-electron chi connectivity index (χ2n) is 5.65. The van der Waals surface area contributed by atoms with Crippen molar-refractivity contribution in [1.82, 2.24) is 5.32 Å². The van der Waals surface area contributed by atoms with E-state index in [1.165, 1.54) is 12.4 Å². The molecule has 0 rings (SSSR count). The highest BCUT2D eigenvalue weighted by Crippen LogP contribution is 2.06. The van der Waals surface area contributed by atoms with Gasteiger partial charge in [0.2, 0.25) is 0 Å². The highest BCUT2D eigenvalue weighted by atomic mass is 16.6. The van der Waals surface area contributed by atoms with E-state index in [1.807, 2.05) is 41.5 Å². The van der Waals surface area contributed by atoms with E-state index in [1.54, 1.807) is 0 Å². The van der Waals surface area contributed by atoms with Crippen LogP contribution in [0.25, 0.3) is 0 Å². The zero-order chi connectivity index (χ0) is 13.0. The molecule has 92 valence electrons. The van der Waals surface area contributed by atoms with E-state index in [0.717, 1.165) is 0 Å². The fraction of sp³-hybridized carbons (Fsp3) is 0.727. The Morgan fingerprint density at radius 3 is 2.06 bits per heavy atom. The van der Waals surface area contributed by atoms with E-state index < -0.39 is 4.92 Å². The molecule has 0 unspecified atom stereocenters. The minimum atomic E-state index is -0.450. The Morgan fingerprint density at radius 2 is 1.75 bits per heavy atom. The molecule has 0 saturated heterocycles. The maximum atomic E-state index is 10.7. The lowest BCUT2D eigenvalue weighted by molar-refractivity contribution is -0.414. The van der Waals surface area contributed by atoms with Crippen LogP contribution < -0.4 is 5.32 Å². The number of hydrogen-bond acceptors (Lipinski definition) is 4. The van der Waals surface area contributed by atoms with Gasteiger partial charge < -0.3 is 5.32 Å². The van der Waals surface area contributed by atoms with Gasteiger partial charge in [0.25, 0.3) is 0 Å². The second kappa shape index (κ2) is 5.09. The van der Waals surface area contributed by atoms with Crippen LogP contribution in [0.1, 0.15) is 41.5 Å². The molecule has 5 heteroatoms. The van der Waals surface area contributed by atoms with Gasteiger partial charge in [-0.05, 0) is 41.5 Å². The molecule has 0 bridgehead atoms. The van der Waals surface area contributed by atoms with Crippen molar-refractivity contribution in [3.63, 3.8) is 0 Å². The molecule has 0 aliphatic carbocycles. The molecule has 0 spiro atoms. The summed E-state index contributed by atoms with van der Waals surface area (Å²) >= 11 is 0. The van der Waals surface area contributed by atoms with Crippen LogP contribution in [-0.4, -0.2) is 22.2 Å². The molecule has 0 amide bonds. The van der Waals surface area contributed by atoms with Gasteiger partial charge >= 0.3 is 5.70 Å². The molecule has 1 N–H and O–H groups in total. The molecule has 5 nitrogen and oxygen atoms in total. The van der Waals surface area contributed by atoms with Gasteiger partial charge in [-0.3, -0.25) is 15.1 Å². The quantitative estimate of drug-likeness (QED) is 0.457. The van der Waals surface area contributed by atoms with Gasteiger partial charge in [-0.15, -0.1) is 0 Å². The Morgan fingerprint density at radius 1 is 1.25 bits per heavy atom. The molecular formula is C11H21N3O2. The van der Waals surface area contributed by atoms with Crippen LogP contribution in [-0.2, 0) is 0 Å². The van der Waals surface area contributed by atoms with Gasteiger partial charge in [0.15, 0.2) is 0 Å². The minimum Gasteiger partial charge on any atom is -0.381 e. The van der Waals surface area contributed by atoms with Crippen molar-refractivity contribution in [2.24, 2.45) is 4.99 Å². The molecule has 0 aliphatic heterocycles. The van der Waals surface area contributed by atoms with Gasteiger partial charge in [-0.25, -0.2) is 0 Å². The number of aliphatic imine (C=N–C) groups is 1. The molecule has 0 saturated carbocycles. The summed E-state index contributed by atoms with van der Waals surface area (Å²) in [5.74, 6) is 0. The number of rotatable bonds is 3. The second-order valence-corrected chi connectivity index (χ2v) is 5.65. The third-order valence-electron chi connectivity index (χ3n) is 1.45. The third-order valence-corrected chi connectivity index (χ3v) is 1.45. The fourth-order valence-corrected chi connectivity index (χ4v) is 0.687. The minimum absolute atomic E-state index is 0.0372. The van der Waals surface area contributed by atoms with Crippen LogP contribution in [0.3, 0.4) is 0 Å². The summed E-state index contributed by atoms with van der Waals surface area (Å²) in [6.45, 7) is 11.5. The molecule has 0 aromatic rings. The third kappa shape index (κ3) is 7.96. The first-order valence-corrected chi connectivity index (χ1v) is 5.19. The van der Waals surface area contributed by atoms with E-state index >= 15 is 0 Å². The van der Waals surface area contributed by atoms with Crippen LogP contribution in [0.5, 0.6) is 0 Å². The van der Waals surface area contributed by atoms with Gasteiger partial charge in [0, 0.05) is 5.54 Å². The first-order valence-electron chi connectivity index (χ1n) is 5.19. The predicted octanol–water partition coefficient (Wildman–Crippen LogP) is 2.36. The van der Waals surface area contributed by atoms with E-state index in [9.17, 15) is 10.1 Å². The molecule has 0 radical (unpaired) electrons. The maximum Gasteiger partial charge on any atom is 0.302 e. The predicted molar refractivity (Wildman–Crippen MR) is 66.2 cm³/mol. The SMILES string of the molecule is CC(C)(C)N=CC(=CNC(C)(C)C)[N+](=O)[O-]. The highest BCUT2D eigenvalue weighted by Gasteiger charge is 2.13. The number of nitrogens with one attached hydrogen (secondary N) is 1. The van der Waals surface area contributed by atoms with Crippen LogP contribution in [0, 0.1) is 10.1 Å². The summed E-state index contributed by atoms with van der Waals surface area (Å²) in [6, 6.07) is 0. The summed E-state index contributed by atoms with van der Waals surface area (Å²) in [6.07, 6.45) is 2.67. The Hall–Kier alpha value is -1.39. The van der Waals surface area contributed by atoms with Crippen LogP contribution in [0.15, 0.2) is 16.9 Å². The molecule has 0 atom stereocenters. The molecule has 0 heterocycles. The van der Waals surface area contributed by atoms with Crippen molar-refractivity contribution < 1.29 is 4.92 Å². The van der Waals surface area contributed by atoms with Crippen molar-refractivity contribution in [3.8, 4) is 0 Å². The Labute approximate surface area is 96.8 Å². The lowest BCUT2D eigenvalue weighted by Gasteiger charge is -2.18. The van der Waals surface area contributed by atoms with Crippen molar-refractivity contribution >= 4 is 6.21 Å². The number of allylic oxidation sites excluding steroid dienone is 1. The monoisotopic (exact) mass is 227 g/mol. The molecular weight excluding hydrogens is 206 g/mol. The van der Waals surface area contributed by atoms with Crippen LogP contribution in [0.4, 0.5) is 0 Å². The molecule has 16 heavy (non-hydrogen) atoms. The Balaban J connectivity index is 4.77. The van der Waals surface area contributed by atoms with E-state index in [-0.39, 0.29) is 16.8 Å². The normalized spacial score (nSPS) is 14.2. The van der Waals surface area contributed by atoms with Gasteiger partial charge in [0.05, 0.1) is 16.7 Å². The van der Waals surface area contributed by atoms with Crippen molar-refractivity contribution in [2.45, 2.75) is 52.6 Å². The topological polar surface area (TPSA) is 67.5 Å². The largest absolute Gasteiger partial charge is 0.381 e. The zero-order valence-electron chi connectivity index (χ0n) is 10.9. The first-order chi connectivity index (χ1) is 7.01. The van der Waals surface area contributed by atoms with Gasteiger partial charge in [0.1, 0.15) is 6.21 Å². The van der Waals surface area contributed by atoms with E-state index in [2.05, 4.69) is 10.3 Å². The van der Waals surface area contributed by atoms with E-state index in [0.29, 0.717) is 0 Å². The molecule has 0 aromatic heterocycles. The van der Waals surface area contributed by atoms with Crippen LogP contribution >= 0.6 is 0 Å².